The average Bonchev–Trinajstić information content (AvgIpc) is 2.84. The van der Waals surface area contributed by atoms with Crippen LogP contribution in [0.15, 0.2) is 24.4 Å². The van der Waals surface area contributed by atoms with Crippen molar-refractivity contribution >= 4 is 5.82 Å². The van der Waals surface area contributed by atoms with Crippen LogP contribution in [-0.2, 0) is 0 Å². The average molecular weight is 302 g/mol. The number of anilines is 1. The third-order valence-corrected chi connectivity index (χ3v) is 5.13. The summed E-state index contributed by atoms with van der Waals surface area (Å²) in [6.45, 7) is 10.8. The predicted molar refractivity (Wildman–Crippen MR) is 92.4 cm³/mol. The highest BCUT2D eigenvalue weighted by Gasteiger charge is 2.23. The number of hydrogen-bond donors (Lipinski definition) is 0. The van der Waals surface area contributed by atoms with E-state index in [0.29, 0.717) is 6.04 Å². The predicted octanol–water partition coefficient (Wildman–Crippen LogP) is 2.47. The molecule has 1 aromatic rings. The molecule has 3 heterocycles. The second kappa shape index (κ2) is 7.93. The minimum Gasteiger partial charge on any atom is -0.354 e. The maximum Gasteiger partial charge on any atom is 0.128 e. The van der Waals surface area contributed by atoms with E-state index in [2.05, 4.69) is 38.7 Å². The number of pyridine rings is 1. The molecule has 1 aromatic heterocycles. The van der Waals surface area contributed by atoms with Crippen molar-refractivity contribution in [3.8, 4) is 0 Å². The molecule has 22 heavy (non-hydrogen) atoms. The lowest BCUT2D eigenvalue weighted by atomic mass is 10.2. The quantitative estimate of drug-likeness (QED) is 0.852. The molecule has 2 aliphatic heterocycles. The zero-order valence-corrected chi connectivity index (χ0v) is 14.0. The van der Waals surface area contributed by atoms with E-state index in [9.17, 15) is 0 Å². The Kier molecular flexibility index (Phi) is 5.68. The van der Waals surface area contributed by atoms with Crippen molar-refractivity contribution < 1.29 is 0 Å². The van der Waals surface area contributed by atoms with E-state index in [1.807, 2.05) is 12.3 Å². The van der Waals surface area contributed by atoms with Crippen molar-refractivity contribution in [1.29, 1.82) is 0 Å². The van der Waals surface area contributed by atoms with Gasteiger partial charge in [0.05, 0.1) is 0 Å². The van der Waals surface area contributed by atoms with Gasteiger partial charge in [-0.15, -0.1) is 0 Å². The van der Waals surface area contributed by atoms with Crippen LogP contribution in [0.3, 0.4) is 0 Å². The Balaban J connectivity index is 1.46. The molecule has 0 saturated carbocycles. The molecular weight excluding hydrogens is 272 g/mol. The molecule has 0 aromatic carbocycles. The number of aromatic nitrogens is 1. The van der Waals surface area contributed by atoms with Gasteiger partial charge in [0.25, 0.3) is 0 Å². The Hall–Kier alpha value is -1.13. The lowest BCUT2D eigenvalue weighted by molar-refractivity contribution is 0.143. The van der Waals surface area contributed by atoms with Gasteiger partial charge in [-0.05, 0) is 45.0 Å². The smallest absolute Gasteiger partial charge is 0.128 e. The number of piperazine rings is 1. The van der Waals surface area contributed by atoms with Crippen LogP contribution in [-0.4, -0.2) is 66.6 Å². The third-order valence-electron chi connectivity index (χ3n) is 5.13. The van der Waals surface area contributed by atoms with E-state index in [-0.39, 0.29) is 0 Å². The summed E-state index contributed by atoms with van der Waals surface area (Å²) in [6, 6.07) is 6.86. The van der Waals surface area contributed by atoms with Gasteiger partial charge in [0, 0.05) is 45.0 Å². The van der Waals surface area contributed by atoms with E-state index >= 15 is 0 Å². The molecule has 0 amide bonds. The highest BCUT2D eigenvalue weighted by Crippen LogP contribution is 2.16. The van der Waals surface area contributed by atoms with Gasteiger partial charge in [-0.3, -0.25) is 4.90 Å². The van der Waals surface area contributed by atoms with Crippen LogP contribution in [0.4, 0.5) is 5.82 Å². The lowest BCUT2D eigenvalue weighted by Crippen LogP contribution is -2.52. The van der Waals surface area contributed by atoms with Gasteiger partial charge in [0.15, 0.2) is 0 Å². The Morgan fingerprint density at radius 2 is 1.68 bits per heavy atom. The zero-order chi connectivity index (χ0) is 15.2. The molecule has 0 bridgehead atoms. The number of likely N-dealkylation sites (tertiary alicyclic amines) is 1. The summed E-state index contributed by atoms with van der Waals surface area (Å²) in [5.74, 6) is 1.13. The maximum atomic E-state index is 4.48. The van der Waals surface area contributed by atoms with Crippen molar-refractivity contribution in [3.63, 3.8) is 0 Å². The van der Waals surface area contributed by atoms with Gasteiger partial charge in [-0.2, -0.15) is 0 Å². The molecule has 1 unspecified atom stereocenters. The summed E-state index contributed by atoms with van der Waals surface area (Å²) < 4.78 is 0. The Labute approximate surface area is 135 Å². The zero-order valence-electron chi connectivity index (χ0n) is 14.0. The van der Waals surface area contributed by atoms with E-state index in [0.717, 1.165) is 32.0 Å². The van der Waals surface area contributed by atoms with Gasteiger partial charge in [-0.1, -0.05) is 18.9 Å². The van der Waals surface area contributed by atoms with Gasteiger partial charge >= 0.3 is 0 Å². The standard InChI is InChI=1S/C18H30N4/c1-17(16-20-10-6-2-3-7-11-20)21-12-14-22(15-13-21)18-8-4-5-9-19-18/h4-5,8-9,17H,2-3,6-7,10-16H2,1H3. The minimum absolute atomic E-state index is 0.670. The first-order chi connectivity index (χ1) is 10.8. The molecule has 2 saturated heterocycles. The molecule has 0 radical (unpaired) electrons. The third kappa shape index (κ3) is 4.20. The van der Waals surface area contributed by atoms with Crippen LogP contribution in [0.5, 0.6) is 0 Å². The van der Waals surface area contributed by atoms with Crippen molar-refractivity contribution in [2.24, 2.45) is 0 Å². The molecule has 0 aliphatic carbocycles. The second-order valence-corrected chi connectivity index (χ2v) is 6.77. The highest BCUT2D eigenvalue weighted by atomic mass is 15.3. The van der Waals surface area contributed by atoms with Gasteiger partial charge < -0.3 is 9.80 Å². The molecule has 0 spiro atoms. The first-order valence-electron chi connectivity index (χ1n) is 8.95. The Morgan fingerprint density at radius 3 is 2.32 bits per heavy atom. The SMILES string of the molecule is CC(CN1CCCCCC1)N1CCN(c2ccccn2)CC1. The highest BCUT2D eigenvalue weighted by molar-refractivity contribution is 5.38. The van der Waals surface area contributed by atoms with Crippen molar-refractivity contribution in [3.05, 3.63) is 24.4 Å². The van der Waals surface area contributed by atoms with Crippen molar-refractivity contribution in [1.82, 2.24) is 14.8 Å². The van der Waals surface area contributed by atoms with Crippen molar-refractivity contribution in [2.75, 3.05) is 50.7 Å². The van der Waals surface area contributed by atoms with Crippen LogP contribution in [0.2, 0.25) is 0 Å². The molecule has 4 nitrogen and oxygen atoms in total. The van der Waals surface area contributed by atoms with Gasteiger partial charge in [0.2, 0.25) is 0 Å². The lowest BCUT2D eigenvalue weighted by Gasteiger charge is -2.40. The Bertz CT molecular complexity index is 420. The topological polar surface area (TPSA) is 22.6 Å². The van der Waals surface area contributed by atoms with Crippen LogP contribution in [0, 0.1) is 0 Å². The molecule has 3 rings (SSSR count). The second-order valence-electron chi connectivity index (χ2n) is 6.77. The minimum atomic E-state index is 0.670. The number of hydrogen-bond acceptors (Lipinski definition) is 4. The first kappa shape index (κ1) is 15.8. The first-order valence-corrected chi connectivity index (χ1v) is 8.95. The fourth-order valence-corrected chi connectivity index (χ4v) is 3.74. The fourth-order valence-electron chi connectivity index (χ4n) is 3.74. The van der Waals surface area contributed by atoms with Crippen molar-refractivity contribution in [2.45, 2.75) is 38.6 Å². The molecule has 1 atom stereocenters. The summed E-state index contributed by atoms with van der Waals surface area (Å²) in [4.78, 5) is 12.2. The molecule has 0 N–H and O–H groups in total. The maximum absolute atomic E-state index is 4.48. The van der Waals surface area contributed by atoms with Gasteiger partial charge in [0.1, 0.15) is 5.82 Å². The molecular formula is C18H30N4. The van der Waals surface area contributed by atoms with Gasteiger partial charge in [-0.25, -0.2) is 4.98 Å². The summed E-state index contributed by atoms with van der Waals surface area (Å²) in [5.41, 5.74) is 0. The van der Waals surface area contributed by atoms with E-state index in [1.54, 1.807) is 0 Å². The van der Waals surface area contributed by atoms with Crippen LogP contribution in [0.1, 0.15) is 32.6 Å². The monoisotopic (exact) mass is 302 g/mol. The molecule has 2 fully saturated rings. The Morgan fingerprint density at radius 1 is 0.955 bits per heavy atom. The van der Waals surface area contributed by atoms with Crippen LogP contribution < -0.4 is 4.90 Å². The summed E-state index contributed by atoms with van der Waals surface area (Å²) in [6.07, 6.45) is 7.52. The summed E-state index contributed by atoms with van der Waals surface area (Å²) in [7, 11) is 0. The van der Waals surface area contributed by atoms with Crippen LogP contribution in [0.25, 0.3) is 0 Å². The van der Waals surface area contributed by atoms with Crippen LogP contribution >= 0.6 is 0 Å². The summed E-state index contributed by atoms with van der Waals surface area (Å²) in [5, 5.41) is 0. The van der Waals surface area contributed by atoms with E-state index < -0.39 is 0 Å². The molecule has 122 valence electrons. The molecule has 4 heteroatoms. The van der Waals surface area contributed by atoms with E-state index in [4.69, 9.17) is 0 Å². The summed E-state index contributed by atoms with van der Waals surface area (Å²) >= 11 is 0. The number of nitrogens with zero attached hydrogens (tertiary/aromatic N) is 4. The van der Waals surface area contributed by atoms with E-state index in [1.165, 1.54) is 45.3 Å². The normalized spacial score (nSPS) is 23.2. The molecule has 2 aliphatic rings. The fraction of sp³-hybridized carbons (Fsp3) is 0.722. The largest absolute Gasteiger partial charge is 0.354 e. The number of rotatable bonds is 4.